The van der Waals surface area contributed by atoms with Gasteiger partial charge in [-0.1, -0.05) is 28.9 Å². The summed E-state index contributed by atoms with van der Waals surface area (Å²) >= 11 is 3.44. The highest BCUT2D eigenvalue weighted by Crippen LogP contribution is 2.21. The molecule has 1 fully saturated rings. The van der Waals surface area contributed by atoms with Crippen molar-refractivity contribution in [1.29, 1.82) is 0 Å². The summed E-state index contributed by atoms with van der Waals surface area (Å²) in [6, 6.07) is 5.86. The monoisotopic (exact) mass is 339 g/mol. The Balaban J connectivity index is 2.06. The van der Waals surface area contributed by atoms with Gasteiger partial charge in [0.25, 0.3) is 5.91 Å². The molecule has 1 amide bonds. The summed E-state index contributed by atoms with van der Waals surface area (Å²) in [7, 11) is 0. The van der Waals surface area contributed by atoms with Crippen molar-refractivity contribution in [1.82, 2.24) is 4.90 Å². The number of nitrogens with zero attached hydrogens (tertiary/aromatic N) is 1. The molecule has 1 aliphatic rings. The largest absolute Gasteiger partial charge is 0.376 e. The molecular formula is C16H22BrNO2. The fourth-order valence-corrected chi connectivity index (χ4v) is 2.90. The van der Waals surface area contributed by atoms with Crippen LogP contribution in [0.2, 0.25) is 0 Å². The molecule has 0 bridgehead atoms. The number of rotatable bonds is 4. The molecule has 1 heterocycles. The third-order valence-corrected chi connectivity index (χ3v) is 4.15. The minimum absolute atomic E-state index is 0.119. The van der Waals surface area contributed by atoms with Gasteiger partial charge in [-0.2, -0.15) is 0 Å². The quantitative estimate of drug-likeness (QED) is 0.835. The molecule has 0 spiro atoms. The van der Waals surface area contributed by atoms with Gasteiger partial charge in [0.1, 0.15) is 0 Å². The standard InChI is InChI=1S/C16H22BrNO2/c1-3-9-20-14-5-4-8-18(11-14)16(19)15-10-13(17)7-6-12(15)2/h6-7,10,14H,3-5,8-9,11H2,1-2H3. The van der Waals surface area contributed by atoms with Gasteiger partial charge in [0.2, 0.25) is 0 Å². The lowest BCUT2D eigenvalue weighted by atomic mass is 10.0. The molecule has 1 aromatic rings. The Hall–Kier alpha value is -0.870. The van der Waals surface area contributed by atoms with E-state index in [0.717, 1.165) is 48.0 Å². The predicted octanol–water partition coefficient (Wildman–Crippen LogP) is 3.79. The first kappa shape index (κ1) is 15.5. The maximum absolute atomic E-state index is 12.6. The Morgan fingerprint density at radius 3 is 3.05 bits per heavy atom. The highest BCUT2D eigenvalue weighted by molar-refractivity contribution is 9.10. The van der Waals surface area contributed by atoms with E-state index in [2.05, 4.69) is 22.9 Å². The third kappa shape index (κ3) is 3.83. The van der Waals surface area contributed by atoms with Gasteiger partial charge in [0.05, 0.1) is 6.10 Å². The molecule has 1 saturated heterocycles. The van der Waals surface area contributed by atoms with Gasteiger partial charge in [-0.25, -0.2) is 0 Å². The van der Waals surface area contributed by atoms with Crippen LogP contribution in [0.4, 0.5) is 0 Å². The van der Waals surface area contributed by atoms with Crippen molar-refractivity contribution in [2.24, 2.45) is 0 Å². The van der Waals surface area contributed by atoms with E-state index in [1.54, 1.807) is 0 Å². The van der Waals surface area contributed by atoms with E-state index in [1.165, 1.54) is 0 Å². The van der Waals surface area contributed by atoms with Crippen LogP contribution in [0.25, 0.3) is 0 Å². The Morgan fingerprint density at radius 1 is 1.50 bits per heavy atom. The summed E-state index contributed by atoms with van der Waals surface area (Å²) < 4.78 is 6.75. The van der Waals surface area contributed by atoms with Gasteiger partial charge < -0.3 is 9.64 Å². The van der Waals surface area contributed by atoms with Gasteiger partial charge in [-0.05, 0) is 43.9 Å². The second-order valence-corrected chi connectivity index (χ2v) is 6.26. The molecule has 1 aromatic carbocycles. The minimum Gasteiger partial charge on any atom is -0.376 e. The van der Waals surface area contributed by atoms with Crippen molar-refractivity contribution < 1.29 is 9.53 Å². The number of piperidine rings is 1. The first-order chi connectivity index (χ1) is 9.61. The number of carbonyl (C=O) groups is 1. The highest BCUT2D eigenvalue weighted by atomic mass is 79.9. The summed E-state index contributed by atoms with van der Waals surface area (Å²) in [5, 5.41) is 0. The molecule has 0 radical (unpaired) electrons. The highest BCUT2D eigenvalue weighted by Gasteiger charge is 2.25. The minimum atomic E-state index is 0.119. The van der Waals surface area contributed by atoms with Crippen LogP contribution >= 0.6 is 15.9 Å². The maximum Gasteiger partial charge on any atom is 0.254 e. The first-order valence-electron chi connectivity index (χ1n) is 7.29. The molecule has 0 saturated carbocycles. The van der Waals surface area contributed by atoms with Crippen molar-refractivity contribution in [3.05, 3.63) is 33.8 Å². The van der Waals surface area contributed by atoms with Gasteiger partial charge in [-0.3, -0.25) is 4.79 Å². The van der Waals surface area contributed by atoms with Crippen LogP contribution in [0.15, 0.2) is 22.7 Å². The average molecular weight is 340 g/mol. The van der Waals surface area contributed by atoms with Crippen molar-refractivity contribution in [3.8, 4) is 0 Å². The van der Waals surface area contributed by atoms with Crippen LogP contribution in [-0.4, -0.2) is 36.6 Å². The number of amides is 1. The van der Waals surface area contributed by atoms with Crippen LogP contribution in [0, 0.1) is 6.92 Å². The van der Waals surface area contributed by atoms with Crippen molar-refractivity contribution in [2.75, 3.05) is 19.7 Å². The fraction of sp³-hybridized carbons (Fsp3) is 0.562. The summed E-state index contributed by atoms with van der Waals surface area (Å²) in [5.41, 5.74) is 1.81. The number of halogens is 1. The zero-order valence-corrected chi connectivity index (χ0v) is 13.8. The maximum atomic E-state index is 12.6. The molecule has 110 valence electrons. The van der Waals surface area contributed by atoms with Crippen LogP contribution in [0.3, 0.4) is 0 Å². The third-order valence-electron chi connectivity index (χ3n) is 3.65. The van der Waals surface area contributed by atoms with Gasteiger partial charge in [-0.15, -0.1) is 0 Å². The SMILES string of the molecule is CCCOC1CCCN(C(=O)c2cc(Br)ccc2C)C1. The number of carbonyl (C=O) groups excluding carboxylic acids is 1. The van der Waals surface area contributed by atoms with Crippen LogP contribution in [-0.2, 0) is 4.74 Å². The fourth-order valence-electron chi connectivity index (χ4n) is 2.54. The molecule has 0 N–H and O–H groups in total. The van der Waals surface area contributed by atoms with Gasteiger partial charge in [0, 0.05) is 29.7 Å². The lowest BCUT2D eigenvalue weighted by Crippen LogP contribution is -2.43. The molecule has 0 aromatic heterocycles. The van der Waals surface area contributed by atoms with E-state index in [4.69, 9.17) is 4.74 Å². The molecule has 20 heavy (non-hydrogen) atoms. The number of aryl methyl sites for hydroxylation is 1. The van der Waals surface area contributed by atoms with E-state index in [-0.39, 0.29) is 12.0 Å². The number of hydrogen-bond donors (Lipinski definition) is 0. The molecule has 1 atom stereocenters. The molecule has 4 heteroatoms. The molecule has 1 aliphatic heterocycles. The molecule has 3 nitrogen and oxygen atoms in total. The van der Waals surface area contributed by atoms with E-state index in [9.17, 15) is 4.79 Å². The predicted molar refractivity (Wildman–Crippen MR) is 84.0 cm³/mol. The van der Waals surface area contributed by atoms with Crippen LogP contribution in [0.1, 0.15) is 42.1 Å². The second kappa shape index (κ2) is 7.23. The van der Waals surface area contributed by atoms with Crippen molar-refractivity contribution in [2.45, 2.75) is 39.2 Å². The van der Waals surface area contributed by atoms with Crippen molar-refractivity contribution in [3.63, 3.8) is 0 Å². The summed E-state index contributed by atoms with van der Waals surface area (Å²) in [6.45, 7) is 6.41. The van der Waals surface area contributed by atoms with Crippen LogP contribution < -0.4 is 0 Å². The Bertz CT molecular complexity index is 476. The summed E-state index contributed by atoms with van der Waals surface area (Å²) in [6.07, 6.45) is 3.30. The van der Waals surface area contributed by atoms with E-state index >= 15 is 0 Å². The smallest absolute Gasteiger partial charge is 0.254 e. The number of benzene rings is 1. The first-order valence-corrected chi connectivity index (χ1v) is 8.08. The molecule has 1 unspecified atom stereocenters. The Morgan fingerprint density at radius 2 is 2.30 bits per heavy atom. The van der Waals surface area contributed by atoms with E-state index in [1.807, 2.05) is 30.0 Å². The lowest BCUT2D eigenvalue weighted by molar-refractivity contribution is 0.00208. The topological polar surface area (TPSA) is 29.5 Å². The molecule has 2 rings (SSSR count). The van der Waals surface area contributed by atoms with Crippen molar-refractivity contribution >= 4 is 21.8 Å². The summed E-state index contributed by atoms with van der Waals surface area (Å²) in [4.78, 5) is 14.6. The second-order valence-electron chi connectivity index (χ2n) is 5.35. The number of ether oxygens (including phenoxy) is 1. The van der Waals surface area contributed by atoms with Gasteiger partial charge in [0.15, 0.2) is 0 Å². The van der Waals surface area contributed by atoms with E-state index < -0.39 is 0 Å². The Kier molecular flexibility index (Phi) is 5.61. The molecule has 0 aliphatic carbocycles. The molecular weight excluding hydrogens is 318 g/mol. The lowest BCUT2D eigenvalue weighted by Gasteiger charge is -2.33. The number of likely N-dealkylation sites (tertiary alicyclic amines) is 1. The number of hydrogen-bond acceptors (Lipinski definition) is 2. The zero-order chi connectivity index (χ0) is 14.5. The van der Waals surface area contributed by atoms with Gasteiger partial charge >= 0.3 is 0 Å². The van der Waals surface area contributed by atoms with E-state index in [0.29, 0.717) is 6.54 Å². The normalized spacial score (nSPS) is 19.1. The average Bonchev–Trinajstić information content (AvgIpc) is 2.47. The van der Waals surface area contributed by atoms with Crippen LogP contribution in [0.5, 0.6) is 0 Å². The summed E-state index contributed by atoms with van der Waals surface area (Å²) in [5.74, 6) is 0.119. The zero-order valence-electron chi connectivity index (χ0n) is 12.2. The Labute approximate surface area is 129 Å².